The number of rotatable bonds is 4. The average molecular weight is 500 g/mol. The first-order valence-corrected chi connectivity index (χ1v) is 13.3. The number of para-hydroxylation sites is 2. The summed E-state index contributed by atoms with van der Waals surface area (Å²) < 4.78 is 2.46. The monoisotopic (exact) mass is 499 g/mol. The molecule has 0 saturated heterocycles. The molecule has 0 aliphatic rings. The summed E-state index contributed by atoms with van der Waals surface area (Å²) in [5, 5.41) is 10.3. The summed E-state index contributed by atoms with van der Waals surface area (Å²) >= 11 is 0. The van der Waals surface area contributed by atoms with Gasteiger partial charge in [0.25, 0.3) is 0 Å². The summed E-state index contributed by atoms with van der Waals surface area (Å²) in [4.78, 5) is 6.63. The van der Waals surface area contributed by atoms with E-state index in [0.29, 0.717) is 6.67 Å². The number of aromatic nitrogens is 2. The van der Waals surface area contributed by atoms with E-state index in [1.54, 1.807) is 0 Å². The Morgan fingerprint density at radius 1 is 0.462 bits per heavy atom. The molecule has 0 amide bonds. The molecule has 8 rings (SSSR count). The number of fused-ring (bicyclic) bond motifs is 8. The zero-order chi connectivity index (χ0) is 25.8. The summed E-state index contributed by atoms with van der Waals surface area (Å²) in [5.74, 6) is 0. The third-order valence-electron chi connectivity index (χ3n) is 7.96. The number of benzene rings is 6. The van der Waals surface area contributed by atoms with Gasteiger partial charge in [0, 0.05) is 34.5 Å². The minimum Gasteiger partial charge on any atom is -0.323 e. The molecule has 0 aliphatic heterocycles. The molecule has 2 aromatic heterocycles. The molecule has 0 aliphatic carbocycles. The summed E-state index contributed by atoms with van der Waals surface area (Å²) in [7, 11) is 0. The van der Waals surface area contributed by atoms with E-state index < -0.39 is 0 Å². The van der Waals surface area contributed by atoms with E-state index in [2.05, 4.69) is 142 Å². The normalized spacial score (nSPS) is 11.7. The Kier molecular flexibility index (Phi) is 4.89. The second kappa shape index (κ2) is 8.71. The van der Waals surface area contributed by atoms with Crippen LogP contribution in [0.25, 0.3) is 54.1 Å². The molecular weight excluding hydrogens is 474 g/mol. The Labute approximate surface area is 226 Å². The van der Waals surface area contributed by atoms with Crippen molar-refractivity contribution in [3.8, 4) is 0 Å². The second-order valence-electron chi connectivity index (χ2n) is 10.1. The fourth-order valence-corrected chi connectivity index (χ4v) is 6.10. The summed E-state index contributed by atoms with van der Waals surface area (Å²) in [5.41, 5.74) is 4.72. The Morgan fingerprint density at radius 2 is 1.13 bits per heavy atom. The van der Waals surface area contributed by atoms with Crippen molar-refractivity contribution < 1.29 is 0 Å². The first kappa shape index (κ1) is 21.9. The van der Waals surface area contributed by atoms with Gasteiger partial charge in [-0.05, 0) is 74.8 Å². The lowest BCUT2D eigenvalue weighted by Gasteiger charge is -2.26. The maximum Gasteiger partial charge on any atom is 0.1000 e. The molecule has 3 nitrogen and oxygen atoms in total. The largest absolute Gasteiger partial charge is 0.323 e. The van der Waals surface area contributed by atoms with Gasteiger partial charge < -0.3 is 9.47 Å². The molecule has 3 heteroatoms. The molecule has 6 aromatic carbocycles. The standard InChI is InChI=1S/C36H25N3/c1-2-9-27(10-3-1)38(28-18-20-37-21-19-28)24-39-35-13-7-6-12-32(35)34-22-26-15-17-30-29-11-5-4-8-25(29)14-16-31(30)33(26)23-36(34)39/h1-23H,24H2. The second-order valence-corrected chi connectivity index (χ2v) is 10.1. The Hall–Kier alpha value is -5.15. The number of pyridine rings is 1. The van der Waals surface area contributed by atoms with Crippen LogP contribution in [0.3, 0.4) is 0 Å². The van der Waals surface area contributed by atoms with Gasteiger partial charge in [-0.2, -0.15) is 0 Å². The SMILES string of the molecule is c1ccc(N(Cn2c3ccccc3c3cc4ccc5c6ccccc6ccc5c4cc32)c2ccncc2)cc1. The first-order chi connectivity index (χ1) is 19.3. The van der Waals surface area contributed by atoms with Crippen molar-refractivity contribution in [2.75, 3.05) is 4.90 Å². The lowest BCUT2D eigenvalue weighted by molar-refractivity contribution is 0.757. The van der Waals surface area contributed by atoms with Crippen LogP contribution in [-0.2, 0) is 6.67 Å². The van der Waals surface area contributed by atoms with E-state index in [4.69, 9.17) is 0 Å². The molecule has 0 atom stereocenters. The lowest BCUT2D eigenvalue weighted by atomic mass is 9.96. The molecule has 0 N–H and O–H groups in total. The van der Waals surface area contributed by atoms with E-state index in [9.17, 15) is 0 Å². The van der Waals surface area contributed by atoms with E-state index in [-0.39, 0.29) is 0 Å². The minimum atomic E-state index is 0.678. The van der Waals surface area contributed by atoms with E-state index in [1.807, 2.05) is 12.4 Å². The Morgan fingerprint density at radius 3 is 1.97 bits per heavy atom. The molecule has 8 aromatic rings. The Balaban J connectivity index is 1.42. The molecule has 184 valence electrons. The number of nitrogens with zero attached hydrogens (tertiary/aromatic N) is 3. The van der Waals surface area contributed by atoms with Gasteiger partial charge in [-0.3, -0.25) is 4.98 Å². The van der Waals surface area contributed by atoms with Gasteiger partial charge in [0.2, 0.25) is 0 Å². The summed E-state index contributed by atoms with van der Waals surface area (Å²) in [6, 6.07) is 46.0. The van der Waals surface area contributed by atoms with Gasteiger partial charge >= 0.3 is 0 Å². The third-order valence-corrected chi connectivity index (χ3v) is 7.96. The molecule has 0 bridgehead atoms. The van der Waals surface area contributed by atoms with Crippen LogP contribution in [-0.4, -0.2) is 9.55 Å². The predicted molar refractivity (Wildman–Crippen MR) is 165 cm³/mol. The average Bonchev–Trinajstić information content (AvgIpc) is 3.31. The molecular formula is C36H25N3. The van der Waals surface area contributed by atoms with E-state index in [1.165, 1.54) is 54.1 Å². The number of hydrogen-bond acceptors (Lipinski definition) is 2. The van der Waals surface area contributed by atoms with Crippen molar-refractivity contribution in [3.05, 3.63) is 140 Å². The van der Waals surface area contributed by atoms with Gasteiger partial charge in [0.05, 0.1) is 17.7 Å². The van der Waals surface area contributed by atoms with Crippen LogP contribution in [0.15, 0.2) is 140 Å². The zero-order valence-corrected chi connectivity index (χ0v) is 21.3. The van der Waals surface area contributed by atoms with E-state index >= 15 is 0 Å². The maximum atomic E-state index is 4.27. The van der Waals surface area contributed by atoms with Crippen molar-refractivity contribution in [1.82, 2.24) is 9.55 Å². The van der Waals surface area contributed by atoms with Crippen molar-refractivity contribution in [3.63, 3.8) is 0 Å². The highest BCUT2D eigenvalue weighted by molar-refractivity contribution is 6.21. The minimum absolute atomic E-state index is 0.678. The summed E-state index contributed by atoms with van der Waals surface area (Å²) in [6.45, 7) is 0.678. The van der Waals surface area contributed by atoms with Crippen LogP contribution >= 0.6 is 0 Å². The van der Waals surface area contributed by atoms with Crippen molar-refractivity contribution in [2.24, 2.45) is 0 Å². The number of hydrogen-bond donors (Lipinski definition) is 0. The van der Waals surface area contributed by atoms with Crippen LogP contribution < -0.4 is 4.90 Å². The van der Waals surface area contributed by atoms with Gasteiger partial charge in [-0.25, -0.2) is 0 Å². The van der Waals surface area contributed by atoms with Gasteiger partial charge in [0.1, 0.15) is 0 Å². The van der Waals surface area contributed by atoms with E-state index in [0.717, 1.165) is 11.4 Å². The highest BCUT2D eigenvalue weighted by Crippen LogP contribution is 2.38. The van der Waals surface area contributed by atoms with Crippen LogP contribution in [0.1, 0.15) is 0 Å². The smallest absolute Gasteiger partial charge is 0.1000 e. The third kappa shape index (κ3) is 3.48. The van der Waals surface area contributed by atoms with Gasteiger partial charge in [-0.15, -0.1) is 0 Å². The number of anilines is 2. The topological polar surface area (TPSA) is 21.1 Å². The van der Waals surface area contributed by atoms with Crippen LogP contribution in [0.2, 0.25) is 0 Å². The molecule has 0 unspecified atom stereocenters. The van der Waals surface area contributed by atoms with Crippen LogP contribution in [0.4, 0.5) is 11.4 Å². The quantitative estimate of drug-likeness (QED) is 0.225. The zero-order valence-electron chi connectivity index (χ0n) is 21.3. The van der Waals surface area contributed by atoms with Gasteiger partial charge in [0.15, 0.2) is 0 Å². The molecule has 39 heavy (non-hydrogen) atoms. The first-order valence-electron chi connectivity index (χ1n) is 13.3. The molecule has 2 heterocycles. The molecule has 0 spiro atoms. The fraction of sp³-hybridized carbons (Fsp3) is 0.0278. The highest BCUT2D eigenvalue weighted by atomic mass is 15.3. The predicted octanol–water partition coefficient (Wildman–Crippen LogP) is 9.44. The molecule has 0 fully saturated rings. The molecule has 0 saturated carbocycles. The van der Waals surface area contributed by atoms with Gasteiger partial charge in [-0.1, -0.05) is 84.9 Å². The Bertz CT molecular complexity index is 2100. The van der Waals surface area contributed by atoms with Crippen LogP contribution in [0.5, 0.6) is 0 Å². The lowest BCUT2D eigenvalue weighted by Crippen LogP contribution is -2.21. The maximum absolute atomic E-state index is 4.27. The highest BCUT2D eigenvalue weighted by Gasteiger charge is 2.17. The molecule has 0 radical (unpaired) electrons. The fourth-order valence-electron chi connectivity index (χ4n) is 6.10. The van der Waals surface area contributed by atoms with Crippen LogP contribution in [0, 0.1) is 0 Å². The van der Waals surface area contributed by atoms with Crippen molar-refractivity contribution in [2.45, 2.75) is 6.67 Å². The van der Waals surface area contributed by atoms with Crippen molar-refractivity contribution >= 4 is 65.5 Å². The summed E-state index contributed by atoms with van der Waals surface area (Å²) in [6.07, 6.45) is 3.72. The van der Waals surface area contributed by atoms with Crippen molar-refractivity contribution in [1.29, 1.82) is 0 Å².